The Morgan fingerprint density at radius 3 is 2.62 bits per heavy atom. The summed E-state index contributed by atoms with van der Waals surface area (Å²) in [6.45, 7) is 0. The molecule has 6 heteroatoms. The number of amides is 1. The molecule has 2 aromatic rings. The first-order valence-electron chi connectivity index (χ1n) is 4.49. The minimum atomic E-state index is -1.15. The summed E-state index contributed by atoms with van der Waals surface area (Å²) in [6.07, 6.45) is 3.58. The zero-order chi connectivity index (χ0) is 11.4. The van der Waals surface area contributed by atoms with E-state index in [4.69, 9.17) is 5.11 Å². The highest BCUT2D eigenvalue weighted by atomic mass is 16.4. The molecule has 0 aliphatic carbocycles. The standard InChI is InChI=1S/C10H8N4O2/c15-10(16)14-8-3-6-12-9(13-8)7-1-4-11-5-2-7/h1-6H,(H,15,16)(H,12,13,14). The van der Waals surface area contributed by atoms with Crippen LogP contribution in [0.4, 0.5) is 10.6 Å². The van der Waals surface area contributed by atoms with Gasteiger partial charge in [0.25, 0.3) is 0 Å². The van der Waals surface area contributed by atoms with Gasteiger partial charge in [-0.3, -0.25) is 10.3 Å². The second-order valence-corrected chi connectivity index (χ2v) is 2.93. The lowest BCUT2D eigenvalue weighted by atomic mass is 10.2. The van der Waals surface area contributed by atoms with E-state index in [1.165, 1.54) is 12.3 Å². The minimum Gasteiger partial charge on any atom is -0.465 e. The molecular weight excluding hydrogens is 208 g/mol. The van der Waals surface area contributed by atoms with Crippen molar-refractivity contribution in [1.29, 1.82) is 0 Å². The first-order valence-corrected chi connectivity index (χ1v) is 4.49. The summed E-state index contributed by atoms with van der Waals surface area (Å²) in [7, 11) is 0. The fourth-order valence-corrected chi connectivity index (χ4v) is 1.18. The van der Waals surface area contributed by atoms with Crippen LogP contribution >= 0.6 is 0 Å². The number of rotatable bonds is 2. The molecule has 0 unspecified atom stereocenters. The summed E-state index contributed by atoms with van der Waals surface area (Å²) in [5.74, 6) is 0.697. The van der Waals surface area contributed by atoms with Gasteiger partial charge in [0.2, 0.25) is 0 Å². The summed E-state index contributed by atoms with van der Waals surface area (Å²) in [5.41, 5.74) is 0.782. The number of anilines is 1. The van der Waals surface area contributed by atoms with E-state index in [9.17, 15) is 4.79 Å². The first-order chi connectivity index (χ1) is 7.75. The van der Waals surface area contributed by atoms with Crippen molar-refractivity contribution in [2.24, 2.45) is 0 Å². The average molecular weight is 216 g/mol. The van der Waals surface area contributed by atoms with Crippen molar-refractivity contribution >= 4 is 11.9 Å². The molecule has 0 fully saturated rings. The van der Waals surface area contributed by atoms with E-state index in [1.807, 2.05) is 0 Å². The number of nitrogens with zero attached hydrogens (tertiary/aromatic N) is 3. The van der Waals surface area contributed by atoms with Crippen molar-refractivity contribution in [2.75, 3.05) is 5.32 Å². The van der Waals surface area contributed by atoms with Gasteiger partial charge in [0.1, 0.15) is 5.82 Å². The number of hydrogen-bond donors (Lipinski definition) is 2. The van der Waals surface area contributed by atoms with Crippen LogP contribution in [-0.2, 0) is 0 Å². The molecule has 1 amide bonds. The number of carbonyl (C=O) groups is 1. The maximum absolute atomic E-state index is 10.4. The molecule has 2 aromatic heterocycles. The molecule has 6 nitrogen and oxygen atoms in total. The Balaban J connectivity index is 2.33. The predicted molar refractivity (Wildman–Crippen MR) is 56.9 cm³/mol. The van der Waals surface area contributed by atoms with Crippen LogP contribution < -0.4 is 5.32 Å². The van der Waals surface area contributed by atoms with E-state index in [1.54, 1.807) is 24.5 Å². The van der Waals surface area contributed by atoms with Gasteiger partial charge in [-0.1, -0.05) is 0 Å². The molecule has 16 heavy (non-hydrogen) atoms. The summed E-state index contributed by atoms with van der Waals surface area (Å²) < 4.78 is 0. The predicted octanol–water partition coefficient (Wildman–Crippen LogP) is 1.63. The van der Waals surface area contributed by atoms with Gasteiger partial charge in [-0.05, 0) is 18.2 Å². The van der Waals surface area contributed by atoms with Gasteiger partial charge in [-0.2, -0.15) is 0 Å². The highest BCUT2D eigenvalue weighted by molar-refractivity contribution is 5.81. The third-order valence-corrected chi connectivity index (χ3v) is 1.83. The maximum Gasteiger partial charge on any atom is 0.410 e. The van der Waals surface area contributed by atoms with Crippen molar-refractivity contribution in [1.82, 2.24) is 15.0 Å². The van der Waals surface area contributed by atoms with Crippen molar-refractivity contribution in [3.8, 4) is 11.4 Å². The normalized spacial score (nSPS) is 9.75. The Morgan fingerprint density at radius 2 is 1.94 bits per heavy atom. The molecule has 0 spiro atoms. The van der Waals surface area contributed by atoms with Crippen LogP contribution in [0.25, 0.3) is 11.4 Å². The average Bonchev–Trinajstić information content (AvgIpc) is 2.30. The smallest absolute Gasteiger partial charge is 0.410 e. The van der Waals surface area contributed by atoms with Crippen LogP contribution in [0.15, 0.2) is 36.8 Å². The molecule has 80 valence electrons. The lowest BCUT2D eigenvalue weighted by molar-refractivity contribution is 0.209. The van der Waals surface area contributed by atoms with Gasteiger partial charge in [-0.15, -0.1) is 0 Å². The Bertz CT molecular complexity index is 501. The molecular formula is C10H8N4O2. The lowest BCUT2D eigenvalue weighted by Gasteiger charge is -2.02. The molecule has 0 saturated carbocycles. The number of hydrogen-bond acceptors (Lipinski definition) is 4. The Kier molecular flexibility index (Phi) is 2.73. The van der Waals surface area contributed by atoms with Crippen LogP contribution in [-0.4, -0.2) is 26.2 Å². The highest BCUT2D eigenvalue weighted by Crippen LogP contribution is 2.14. The fourth-order valence-electron chi connectivity index (χ4n) is 1.18. The maximum atomic E-state index is 10.4. The summed E-state index contributed by atoms with van der Waals surface area (Å²) in [6, 6.07) is 4.98. The van der Waals surface area contributed by atoms with Crippen LogP contribution in [0, 0.1) is 0 Å². The SMILES string of the molecule is O=C(O)Nc1ccnc(-c2ccncc2)n1. The van der Waals surface area contributed by atoms with E-state index >= 15 is 0 Å². The molecule has 0 aromatic carbocycles. The lowest BCUT2D eigenvalue weighted by Crippen LogP contribution is -2.09. The molecule has 2 rings (SSSR count). The van der Waals surface area contributed by atoms with Gasteiger partial charge >= 0.3 is 6.09 Å². The van der Waals surface area contributed by atoms with Crippen molar-refractivity contribution in [2.45, 2.75) is 0 Å². The summed E-state index contributed by atoms with van der Waals surface area (Å²) >= 11 is 0. The molecule has 0 aliphatic rings. The first kappa shape index (κ1) is 10.0. The molecule has 2 heterocycles. The van der Waals surface area contributed by atoms with Gasteiger partial charge in [-0.25, -0.2) is 14.8 Å². The summed E-state index contributed by atoms with van der Waals surface area (Å²) in [4.78, 5) is 22.4. The number of pyridine rings is 1. The Labute approximate surface area is 91.0 Å². The van der Waals surface area contributed by atoms with Crippen LogP contribution in [0.5, 0.6) is 0 Å². The van der Waals surface area contributed by atoms with E-state index in [2.05, 4.69) is 20.3 Å². The molecule has 2 N–H and O–H groups in total. The third kappa shape index (κ3) is 2.30. The largest absolute Gasteiger partial charge is 0.465 e. The van der Waals surface area contributed by atoms with E-state index in [-0.39, 0.29) is 5.82 Å². The van der Waals surface area contributed by atoms with E-state index in [0.29, 0.717) is 5.82 Å². The monoisotopic (exact) mass is 216 g/mol. The van der Waals surface area contributed by atoms with Gasteiger partial charge in [0.05, 0.1) is 0 Å². The molecule has 0 saturated heterocycles. The third-order valence-electron chi connectivity index (χ3n) is 1.83. The Hall–Kier alpha value is -2.50. The zero-order valence-corrected chi connectivity index (χ0v) is 8.16. The minimum absolute atomic E-state index is 0.245. The quantitative estimate of drug-likeness (QED) is 0.796. The van der Waals surface area contributed by atoms with Crippen LogP contribution in [0.3, 0.4) is 0 Å². The topological polar surface area (TPSA) is 88.0 Å². The second kappa shape index (κ2) is 4.35. The number of nitrogens with one attached hydrogen (secondary N) is 1. The molecule has 0 aliphatic heterocycles. The van der Waals surface area contributed by atoms with Gasteiger partial charge < -0.3 is 5.11 Å². The van der Waals surface area contributed by atoms with Crippen molar-refractivity contribution < 1.29 is 9.90 Å². The fraction of sp³-hybridized carbons (Fsp3) is 0. The Morgan fingerprint density at radius 1 is 1.19 bits per heavy atom. The molecule has 0 atom stereocenters. The van der Waals surface area contributed by atoms with Crippen molar-refractivity contribution in [3.63, 3.8) is 0 Å². The van der Waals surface area contributed by atoms with Crippen LogP contribution in [0.1, 0.15) is 0 Å². The van der Waals surface area contributed by atoms with Gasteiger partial charge in [0, 0.05) is 24.2 Å². The van der Waals surface area contributed by atoms with Crippen LogP contribution in [0.2, 0.25) is 0 Å². The molecule has 0 radical (unpaired) electrons. The second-order valence-electron chi connectivity index (χ2n) is 2.93. The van der Waals surface area contributed by atoms with Crippen molar-refractivity contribution in [3.05, 3.63) is 36.8 Å². The zero-order valence-electron chi connectivity index (χ0n) is 8.16. The summed E-state index contributed by atoms with van der Waals surface area (Å²) in [5, 5.41) is 10.7. The van der Waals surface area contributed by atoms with E-state index in [0.717, 1.165) is 5.56 Å². The highest BCUT2D eigenvalue weighted by Gasteiger charge is 2.03. The number of carboxylic acid groups (broad SMARTS) is 1. The van der Waals surface area contributed by atoms with Gasteiger partial charge in [0.15, 0.2) is 5.82 Å². The number of aromatic nitrogens is 3. The molecule has 0 bridgehead atoms. The van der Waals surface area contributed by atoms with E-state index < -0.39 is 6.09 Å².